The predicted molar refractivity (Wildman–Crippen MR) is 82.5 cm³/mol. The number of carbonyl (C=O) groups is 1. The molecule has 0 spiro atoms. The van der Waals surface area contributed by atoms with Crippen LogP contribution in [-0.4, -0.2) is 31.5 Å². The third-order valence-electron chi connectivity index (χ3n) is 2.66. The Bertz CT molecular complexity index is 429. The molecule has 1 aromatic carbocycles. The molecule has 0 aliphatic carbocycles. The second kappa shape index (κ2) is 8.96. The molecule has 1 aromatic rings. The normalized spacial score (nSPS) is 11.4. The molecule has 0 fully saturated rings. The lowest BCUT2D eigenvalue weighted by Gasteiger charge is -2.08. The van der Waals surface area contributed by atoms with E-state index in [1.807, 2.05) is 30.3 Å². The van der Waals surface area contributed by atoms with Gasteiger partial charge in [0.25, 0.3) is 0 Å². The summed E-state index contributed by atoms with van der Waals surface area (Å²) in [5, 5.41) is 5.79. The first-order valence-electron chi connectivity index (χ1n) is 6.92. The van der Waals surface area contributed by atoms with E-state index < -0.39 is 0 Å². The summed E-state index contributed by atoms with van der Waals surface area (Å²) < 4.78 is 0. The van der Waals surface area contributed by atoms with Gasteiger partial charge in [-0.1, -0.05) is 44.2 Å². The van der Waals surface area contributed by atoms with Crippen molar-refractivity contribution in [2.45, 2.75) is 20.3 Å². The molecule has 5 heteroatoms. The molecule has 1 amide bonds. The number of hydrogen-bond acceptors (Lipinski definition) is 2. The van der Waals surface area contributed by atoms with Crippen LogP contribution in [0.5, 0.6) is 0 Å². The van der Waals surface area contributed by atoms with Crippen molar-refractivity contribution < 1.29 is 4.79 Å². The molecule has 20 heavy (non-hydrogen) atoms. The molecule has 0 heterocycles. The van der Waals surface area contributed by atoms with Gasteiger partial charge in [0, 0.05) is 13.1 Å². The summed E-state index contributed by atoms with van der Waals surface area (Å²) in [6.07, 6.45) is 0.817. The zero-order chi connectivity index (χ0) is 14.8. The van der Waals surface area contributed by atoms with Gasteiger partial charge >= 0.3 is 0 Å². The van der Waals surface area contributed by atoms with E-state index in [4.69, 9.17) is 5.73 Å². The second-order valence-corrected chi connectivity index (χ2v) is 5.06. The minimum atomic E-state index is -0.116. The smallest absolute Gasteiger partial charge is 0.241 e. The molecule has 0 atom stereocenters. The lowest BCUT2D eigenvalue weighted by molar-refractivity contribution is -0.119. The summed E-state index contributed by atoms with van der Waals surface area (Å²) in [5.41, 5.74) is 6.85. The van der Waals surface area contributed by atoms with E-state index in [0.717, 1.165) is 13.0 Å². The van der Waals surface area contributed by atoms with Crippen LogP contribution in [0.15, 0.2) is 35.3 Å². The first-order chi connectivity index (χ1) is 9.58. The molecule has 0 unspecified atom stereocenters. The average Bonchev–Trinajstić information content (AvgIpc) is 2.44. The van der Waals surface area contributed by atoms with Crippen LogP contribution in [0.25, 0.3) is 0 Å². The Hall–Kier alpha value is -2.04. The fourth-order valence-corrected chi connectivity index (χ4v) is 1.57. The van der Waals surface area contributed by atoms with Crippen LogP contribution < -0.4 is 16.4 Å². The van der Waals surface area contributed by atoms with Gasteiger partial charge < -0.3 is 16.4 Å². The SMILES string of the molecule is CC(C)CNC(N)=NCC(=O)NCCc1ccccc1. The number of nitrogens with two attached hydrogens (primary N) is 1. The largest absolute Gasteiger partial charge is 0.370 e. The zero-order valence-electron chi connectivity index (χ0n) is 12.2. The van der Waals surface area contributed by atoms with Crippen molar-refractivity contribution in [3.05, 3.63) is 35.9 Å². The Kier molecular flexibility index (Phi) is 7.17. The molecule has 0 aromatic heterocycles. The zero-order valence-corrected chi connectivity index (χ0v) is 12.2. The van der Waals surface area contributed by atoms with E-state index in [2.05, 4.69) is 29.5 Å². The Morgan fingerprint density at radius 1 is 1.25 bits per heavy atom. The minimum Gasteiger partial charge on any atom is -0.370 e. The van der Waals surface area contributed by atoms with Gasteiger partial charge in [0.15, 0.2) is 5.96 Å². The lowest BCUT2D eigenvalue weighted by atomic mass is 10.1. The third-order valence-corrected chi connectivity index (χ3v) is 2.66. The van der Waals surface area contributed by atoms with Crippen LogP contribution >= 0.6 is 0 Å². The molecule has 0 radical (unpaired) electrons. The van der Waals surface area contributed by atoms with Crippen LogP contribution in [0.3, 0.4) is 0 Å². The quantitative estimate of drug-likeness (QED) is 0.511. The number of aliphatic imine (C=N–C) groups is 1. The monoisotopic (exact) mass is 276 g/mol. The van der Waals surface area contributed by atoms with Crippen LogP contribution in [0.4, 0.5) is 0 Å². The number of nitrogens with zero attached hydrogens (tertiary/aromatic N) is 1. The fourth-order valence-electron chi connectivity index (χ4n) is 1.57. The van der Waals surface area contributed by atoms with Gasteiger partial charge in [-0.2, -0.15) is 0 Å². The number of benzene rings is 1. The fraction of sp³-hybridized carbons (Fsp3) is 0.467. The topological polar surface area (TPSA) is 79.5 Å². The Labute approximate surface area is 120 Å². The third kappa shape index (κ3) is 7.41. The van der Waals surface area contributed by atoms with Gasteiger partial charge in [0.2, 0.25) is 5.91 Å². The molecule has 5 nitrogen and oxygen atoms in total. The Morgan fingerprint density at radius 2 is 1.95 bits per heavy atom. The summed E-state index contributed by atoms with van der Waals surface area (Å²) in [5.74, 6) is 0.690. The summed E-state index contributed by atoms with van der Waals surface area (Å²) in [6.45, 7) is 5.58. The standard InChI is InChI=1S/C15H24N4O/c1-12(2)10-18-15(16)19-11-14(20)17-9-8-13-6-4-3-5-7-13/h3-7,12H,8-11H2,1-2H3,(H,17,20)(H3,16,18,19). The Balaban J connectivity index is 2.18. The number of rotatable bonds is 7. The minimum absolute atomic E-state index is 0.0612. The van der Waals surface area contributed by atoms with E-state index in [-0.39, 0.29) is 12.5 Å². The van der Waals surface area contributed by atoms with Gasteiger partial charge in [-0.3, -0.25) is 4.79 Å². The molecule has 0 aliphatic heterocycles. The van der Waals surface area contributed by atoms with Crippen LogP contribution in [-0.2, 0) is 11.2 Å². The summed E-state index contributed by atoms with van der Waals surface area (Å²) in [4.78, 5) is 15.6. The molecule has 0 bridgehead atoms. The van der Waals surface area contributed by atoms with Crippen molar-refractivity contribution >= 4 is 11.9 Å². The molecule has 4 N–H and O–H groups in total. The number of amides is 1. The van der Waals surface area contributed by atoms with Crippen molar-refractivity contribution in [3.8, 4) is 0 Å². The Morgan fingerprint density at radius 3 is 2.60 bits per heavy atom. The summed E-state index contributed by atoms with van der Waals surface area (Å²) in [7, 11) is 0. The van der Waals surface area contributed by atoms with E-state index in [1.165, 1.54) is 5.56 Å². The van der Waals surface area contributed by atoms with Crippen molar-refractivity contribution in [2.75, 3.05) is 19.6 Å². The molecule has 0 saturated carbocycles. The number of hydrogen-bond donors (Lipinski definition) is 3. The number of nitrogens with one attached hydrogen (secondary N) is 2. The summed E-state index contributed by atoms with van der Waals surface area (Å²) >= 11 is 0. The molecule has 0 aliphatic rings. The van der Waals surface area contributed by atoms with Gasteiger partial charge in [0.1, 0.15) is 6.54 Å². The van der Waals surface area contributed by atoms with Gasteiger partial charge in [-0.15, -0.1) is 0 Å². The first kappa shape index (κ1) is 16.0. The maximum absolute atomic E-state index is 11.6. The number of carbonyl (C=O) groups excluding carboxylic acids is 1. The number of guanidine groups is 1. The van der Waals surface area contributed by atoms with Crippen molar-refractivity contribution in [1.29, 1.82) is 0 Å². The van der Waals surface area contributed by atoms with E-state index in [1.54, 1.807) is 0 Å². The van der Waals surface area contributed by atoms with Crippen LogP contribution in [0.2, 0.25) is 0 Å². The average molecular weight is 276 g/mol. The van der Waals surface area contributed by atoms with Gasteiger partial charge in [0.05, 0.1) is 0 Å². The van der Waals surface area contributed by atoms with Gasteiger partial charge in [-0.25, -0.2) is 4.99 Å². The van der Waals surface area contributed by atoms with Crippen LogP contribution in [0, 0.1) is 5.92 Å². The van der Waals surface area contributed by atoms with Crippen molar-refractivity contribution in [1.82, 2.24) is 10.6 Å². The first-order valence-corrected chi connectivity index (χ1v) is 6.92. The molecule has 110 valence electrons. The van der Waals surface area contributed by atoms with E-state index in [0.29, 0.717) is 18.4 Å². The molecule has 0 saturated heterocycles. The van der Waals surface area contributed by atoms with Crippen molar-refractivity contribution in [2.24, 2.45) is 16.6 Å². The highest BCUT2D eigenvalue weighted by molar-refractivity contribution is 5.83. The van der Waals surface area contributed by atoms with Gasteiger partial charge in [-0.05, 0) is 17.9 Å². The molecular weight excluding hydrogens is 252 g/mol. The van der Waals surface area contributed by atoms with E-state index >= 15 is 0 Å². The van der Waals surface area contributed by atoms with Crippen LogP contribution in [0.1, 0.15) is 19.4 Å². The molecule has 1 rings (SSSR count). The maximum Gasteiger partial charge on any atom is 0.241 e. The van der Waals surface area contributed by atoms with Crippen molar-refractivity contribution in [3.63, 3.8) is 0 Å². The van der Waals surface area contributed by atoms with E-state index in [9.17, 15) is 4.79 Å². The molecular formula is C15H24N4O. The highest BCUT2D eigenvalue weighted by Gasteiger charge is 2.00. The maximum atomic E-state index is 11.6. The highest BCUT2D eigenvalue weighted by atomic mass is 16.1. The summed E-state index contributed by atoms with van der Waals surface area (Å²) in [6, 6.07) is 10.0. The second-order valence-electron chi connectivity index (χ2n) is 5.06. The predicted octanol–water partition coefficient (Wildman–Crippen LogP) is 0.906. The highest BCUT2D eigenvalue weighted by Crippen LogP contribution is 1.97. The lowest BCUT2D eigenvalue weighted by Crippen LogP contribution is -2.36.